The first-order valence-corrected chi connectivity index (χ1v) is 7.15. The van der Waals surface area contributed by atoms with Crippen LogP contribution in [0.3, 0.4) is 0 Å². The van der Waals surface area contributed by atoms with Crippen LogP contribution in [0.2, 0.25) is 0 Å². The SMILES string of the molecule is NC(CC1CCCCO1)C1CCc2cccnc21. The lowest BCUT2D eigenvalue weighted by Crippen LogP contribution is -2.34. The van der Waals surface area contributed by atoms with Crippen molar-refractivity contribution >= 4 is 0 Å². The average Bonchev–Trinajstić information content (AvgIpc) is 2.84. The molecule has 2 heterocycles. The number of hydrogen-bond donors (Lipinski definition) is 1. The number of fused-ring (bicyclic) bond motifs is 1. The van der Waals surface area contributed by atoms with Gasteiger partial charge in [0.25, 0.3) is 0 Å². The summed E-state index contributed by atoms with van der Waals surface area (Å²) in [4.78, 5) is 4.53. The van der Waals surface area contributed by atoms with E-state index in [1.54, 1.807) is 0 Å². The summed E-state index contributed by atoms with van der Waals surface area (Å²) in [5.41, 5.74) is 9.03. The van der Waals surface area contributed by atoms with E-state index in [1.165, 1.54) is 30.5 Å². The van der Waals surface area contributed by atoms with Gasteiger partial charge in [0.1, 0.15) is 0 Å². The monoisotopic (exact) mass is 246 g/mol. The summed E-state index contributed by atoms with van der Waals surface area (Å²) in [6.45, 7) is 0.914. The lowest BCUT2D eigenvalue weighted by atomic mass is 9.91. The molecule has 18 heavy (non-hydrogen) atoms. The van der Waals surface area contributed by atoms with E-state index >= 15 is 0 Å². The summed E-state index contributed by atoms with van der Waals surface area (Å²) in [6.07, 6.45) is 9.21. The molecule has 1 saturated heterocycles. The van der Waals surface area contributed by atoms with E-state index in [2.05, 4.69) is 11.1 Å². The maximum atomic E-state index is 6.40. The first-order chi connectivity index (χ1) is 8.84. The van der Waals surface area contributed by atoms with Crippen LogP contribution in [0.15, 0.2) is 18.3 Å². The van der Waals surface area contributed by atoms with Crippen LogP contribution >= 0.6 is 0 Å². The Morgan fingerprint density at radius 3 is 3.17 bits per heavy atom. The lowest BCUT2D eigenvalue weighted by molar-refractivity contribution is 0.00592. The van der Waals surface area contributed by atoms with Crippen molar-refractivity contribution in [2.45, 2.75) is 56.6 Å². The van der Waals surface area contributed by atoms with Crippen LogP contribution in [0.1, 0.15) is 49.3 Å². The Morgan fingerprint density at radius 2 is 2.33 bits per heavy atom. The van der Waals surface area contributed by atoms with Crippen molar-refractivity contribution in [1.82, 2.24) is 4.98 Å². The maximum absolute atomic E-state index is 6.40. The van der Waals surface area contributed by atoms with Crippen molar-refractivity contribution in [1.29, 1.82) is 0 Å². The molecular formula is C15H22N2O. The van der Waals surface area contributed by atoms with Gasteiger partial charge in [-0.25, -0.2) is 0 Å². The maximum Gasteiger partial charge on any atom is 0.0590 e. The predicted molar refractivity (Wildman–Crippen MR) is 71.5 cm³/mol. The number of rotatable bonds is 3. The third kappa shape index (κ3) is 2.43. The van der Waals surface area contributed by atoms with E-state index < -0.39 is 0 Å². The van der Waals surface area contributed by atoms with Crippen LogP contribution in [0.4, 0.5) is 0 Å². The van der Waals surface area contributed by atoms with Gasteiger partial charge in [-0.15, -0.1) is 0 Å². The number of aromatic nitrogens is 1. The lowest BCUT2D eigenvalue weighted by Gasteiger charge is -2.28. The molecule has 1 fully saturated rings. The van der Waals surface area contributed by atoms with Crippen molar-refractivity contribution in [3.8, 4) is 0 Å². The van der Waals surface area contributed by atoms with Crippen molar-refractivity contribution in [3.63, 3.8) is 0 Å². The molecule has 98 valence electrons. The normalized spacial score (nSPS) is 28.9. The second-order valence-electron chi connectivity index (χ2n) is 5.58. The number of nitrogens with two attached hydrogens (primary N) is 1. The molecule has 1 aromatic heterocycles. The Morgan fingerprint density at radius 1 is 1.39 bits per heavy atom. The van der Waals surface area contributed by atoms with Crippen molar-refractivity contribution in [2.24, 2.45) is 5.73 Å². The summed E-state index contributed by atoms with van der Waals surface area (Å²) >= 11 is 0. The van der Waals surface area contributed by atoms with Crippen molar-refractivity contribution in [3.05, 3.63) is 29.6 Å². The van der Waals surface area contributed by atoms with Crippen LogP contribution in [0, 0.1) is 0 Å². The second kappa shape index (κ2) is 5.37. The highest BCUT2D eigenvalue weighted by molar-refractivity contribution is 5.29. The molecule has 0 bridgehead atoms. The molecule has 3 heteroatoms. The molecule has 3 nitrogen and oxygen atoms in total. The van der Waals surface area contributed by atoms with Crippen LogP contribution in [0.5, 0.6) is 0 Å². The summed E-state index contributed by atoms with van der Waals surface area (Å²) < 4.78 is 5.80. The topological polar surface area (TPSA) is 48.1 Å². The summed E-state index contributed by atoms with van der Waals surface area (Å²) in [6, 6.07) is 4.41. The van der Waals surface area contributed by atoms with Gasteiger partial charge >= 0.3 is 0 Å². The quantitative estimate of drug-likeness (QED) is 0.891. The van der Waals surface area contributed by atoms with Crippen LogP contribution in [-0.2, 0) is 11.2 Å². The largest absolute Gasteiger partial charge is 0.378 e. The third-order valence-electron chi connectivity index (χ3n) is 4.33. The van der Waals surface area contributed by atoms with Gasteiger partial charge in [-0.3, -0.25) is 4.98 Å². The Balaban J connectivity index is 1.64. The zero-order valence-electron chi connectivity index (χ0n) is 10.8. The molecule has 2 aliphatic rings. The van der Waals surface area contributed by atoms with Gasteiger partial charge in [0, 0.05) is 30.5 Å². The van der Waals surface area contributed by atoms with E-state index in [9.17, 15) is 0 Å². The molecule has 1 aliphatic heterocycles. The van der Waals surface area contributed by atoms with E-state index in [1.807, 2.05) is 12.3 Å². The first kappa shape index (κ1) is 12.1. The third-order valence-corrected chi connectivity index (χ3v) is 4.33. The van der Waals surface area contributed by atoms with Gasteiger partial charge < -0.3 is 10.5 Å². The highest BCUT2D eigenvalue weighted by Gasteiger charge is 2.30. The molecule has 0 spiro atoms. The predicted octanol–water partition coefficient (Wildman–Crippen LogP) is 2.40. The summed E-state index contributed by atoms with van der Waals surface area (Å²) in [5, 5.41) is 0. The summed E-state index contributed by atoms with van der Waals surface area (Å²) in [7, 11) is 0. The van der Waals surface area contributed by atoms with Gasteiger partial charge in [0.2, 0.25) is 0 Å². The van der Waals surface area contributed by atoms with Crippen molar-refractivity contribution < 1.29 is 4.74 Å². The number of ether oxygens (including phenoxy) is 1. The van der Waals surface area contributed by atoms with E-state index in [-0.39, 0.29) is 6.04 Å². The second-order valence-corrected chi connectivity index (χ2v) is 5.58. The van der Waals surface area contributed by atoms with Crippen LogP contribution < -0.4 is 5.73 Å². The smallest absolute Gasteiger partial charge is 0.0590 e. The number of hydrogen-bond acceptors (Lipinski definition) is 3. The van der Waals surface area contributed by atoms with E-state index in [0.717, 1.165) is 25.9 Å². The van der Waals surface area contributed by atoms with E-state index in [4.69, 9.17) is 10.5 Å². The van der Waals surface area contributed by atoms with Gasteiger partial charge in [0.15, 0.2) is 0 Å². The van der Waals surface area contributed by atoms with Gasteiger partial charge in [-0.1, -0.05) is 6.07 Å². The Kier molecular flexibility index (Phi) is 3.62. The van der Waals surface area contributed by atoms with Gasteiger partial charge in [0.05, 0.1) is 6.10 Å². The molecule has 0 aromatic carbocycles. The minimum absolute atomic E-state index is 0.198. The molecule has 0 saturated carbocycles. The van der Waals surface area contributed by atoms with Gasteiger partial charge in [-0.2, -0.15) is 0 Å². The Bertz CT molecular complexity index is 401. The fourth-order valence-electron chi connectivity index (χ4n) is 3.32. The summed E-state index contributed by atoms with van der Waals surface area (Å²) in [5.74, 6) is 0.437. The number of nitrogens with zero attached hydrogens (tertiary/aromatic N) is 1. The zero-order valence-corrected chi connectivity index (χ0v) is 10.8. The number of pyridine rings is 1. The molecular weight excluding hydrogens is 224 g/mol. The van der Waals surface area contributed by atoms with Crippen LogP contribution in [0.25, 0.3) is 0 Å². The fourth-order valence-corrected chi connectivity index (χ4v) is 3.32. The van der Waals surface area contributed by atoms with Crippen LogP contribution in [-0.4, -0.2) is 23.7 Å². The minimum Gasteiger partial charge on any atom is -0.378 e. The molecule has 1 aromatic rings. The minimum atomic E-state index is 0.198. The zero-order chi connectivity index (χ0) is 12.4. The molecule has 2 N–H and O–H groups in total. The molecule has 3 unspecified atom stereocenters. The Labute approximate surface area is 109 Å². The fraction of sp³-hybridized carbons (Fsp3) is 0.667. The standard InChI is InChI=1S/C15H22N2O/c16-14(10-12-5-1-2-9-18-12)13-7-6-11-4-3-8-17-15(11)13/h3-4,8,12-14H,1-2,5-7,9-10,16H2. The highest BCUT2D eigenvalue weighted by atomic mass is 16.5. The van der Waals surface area contributed by atoms with E-state index in [0.29, 0.717) is 12.0 Å². The molecule has 0 amide bonds. The molecule has 1 aliphatic carbocycles. The Hall–Kier alpha value is -0.930. The van der Waals surface area contributed by atoms with Crippen molar-refractivity contribution in [2.75, 3.05) is 6.61 Å². The molecule has 3 atom stereocenters. The average molecular weight is 246 g/mol. The molecule has 0 radical (unpaired) electrons. The first-order valence-electron chi connectivity index (χ1n) is 7.15. The molecule has 3 rings (SSSR count). The number of aryl methyl sites for hydroxylation is 1. The highest BCUT2D eigenvalue weighted by Crippen LogP contribution is 2.35. The van der Waals surface area contributed by atoms with Gasteiger partial charge in [-0.05, 0) is 50.2 Å².